The van der Waals surface area contributed by atoms with E-state index < -0.39 is 0 Å². The molecule has 2 aromatic carbocycles. The van der Waals surface area contributed by atoms with Gasteiger partial charge in [0.2, 0.25) is 5.91 Å². The molecule has 1 aliphatic rings. The zero-order valence-electron chi connectivity index (χ0n) is 16.9. The maximum Gasteiger partial charge on any atom is 0.253 e. The van der Waals surface area contributed by atoms with Crippen LogP contribution in [0.1, 0.15) is 55.5 Å². The summed E-state index contributed by atoms with van der Waals surface area (Å²) in [6, 6.07) is 15.1. The molecule has 0 radical (unpaired) electrons. The minimum atomic E-state index is -0.315. The van der Waals surface area contributed by atoms with Gasteiger partial charge < -0.3 is 10.6 Å². The van der Waals surface area contributed by atoms with Crippen molar-refractivity contribution in [2.75, 3.05) is 11.9 Å². The van der Waals surface area contributed by atoms with Crippen molar-refractivity contribution in [3.05, 3.63) is 64.7 Å². The van der Waals surface area contributed by atoms with E-state index in [9.17, 15) is 9.59 Å². The van der Waals surface area contributed by atoms with Crippen molar-refractivity contribution in [3.63, 3.8) is 0 Å². The van der Waals surface area contributed by atoms with Crippen LogP contribution in [-0.4, -0.2) is 24.4 Å². The average molecular weight is 414 g/mol. The molecule has 0 unspecified atom stereocenters. The molecule has 154 valence electrons. The Hall–Kier alpha value is -2.37. The molecule has 5 nitrogen and oxygen atoms in total. The summed E-state index contributed by atoms with van der Waals surface area (Å²) in [6.45, 7) is 4.34. The van der Waals surface area contributed by atoms with Gasteiger partial charge in [0.1, 0.15) is 0 Å². The van der Waals surface area contributed by atoms with Crippen LogP contribution < -0.4 is 16.0 Å². The average Bonchev–Trinajstić information content (AvgIpc) is 3.54. The van der Waals surface area contributed by atoms with Crippen molar-refractivity contribution in [2.24, 2.45) is 0 Å². The number of para-hydroxylation sites is 1. The molecule has 0 heterocycles. The normalized spacial score (nSPS) is 13.8. The molecule has 6 heteroatoms. The first-order chi connectivity index (χ1) is 14.0. The van der Waals surface area contributed by atoms with Crippen molar-refractivity contribution in [3.8, 4) is 0 Å². The third-order valence-electron chi connectivity index (χ3n) is 5.55. The SMILES string of the molecule is CCC(CC)(NCC(=O)Nc1ccccc1C(=O)NC1CC1)c1ccc(Cl)cc1. The van der Waals surface area contributed by atoms with Crippen LogP contribution in [-0.2, 0) is 10.3 Å². The number of carbonyl (C=O) groups is 2. The maximum atomic E-state index is 12.7. The van der Waals surface area contributed by atoms with Crippen molar-refractivity contribution in [1.29, 1.82) is 0 Å². The van der Waals surface area contributed by atoms with E-state index in [1.54, 1.807) is 18.2 Å². The molecular weight excluding hydrogens is 386 g/mol. The lowest BCUT2D eigenvalue weighted by molar-refractivity contribution is -0.115. The van der Waals surface area contributed by atoms with Gasteiger partial charge in [0, 0.05) is 16.6 Å². The van der Waals surface area contributed by atoms with Gasteiger partial charge >= 0.3 is 0 Å². The van der Waals surface area contributed by atoms with Crippen molar-refractivity contribution in [2.45, 2.75) is 51.1 Å². The molecule has 0 spiro atoms. The summed E-state index contributed by atoms with van der Waals surface area (Å²) in [6.07, 6.45) is 3.70. The van der Waals surface area contributed by atoms with E-state index in [4.69, 9.17) is 11.6 Å². The lowest BCUT2D eigenvalue weighted by Crippen LogP contribution is -2.45. The van der Waals surface area contributed by atoms with E-state index in [2.05, 4.69) is 29.8 Å². The molecule has 0 aliphatic heterocycles. The zero-order chi connectivity index (χ0) is 20.9. The van der Waals surface area contributed by atoms with Crippen LogP contribution in [0, 0.1) is 0 Å². The summed E-state index contributed by atoms with van der Waals surface area (Å²) in [4.78, 5) is 25.1. The van der Waals surface area contributed by atoms with Crippen molar-refractivity contribution >= 4 is 29.1 Å². The van der Waals surface area contributed by atoms with Gasteiger partial charge in [-0.05, 0) is 55.5 Å². The number of hydrogen-bond acceptors (Lipinski definition) is 3. The highest BCUT2D eigenvalue weighted by atomic mass is 35.5. The Labute approximate surface area is 177 Å². The highest BCUT2D eigenvalue weighted by Gasteiger charge is 2.29. The molecule has 3 N–H and O–H groups in total. The number of hydrogen-bond donors (Lipinski definition) is 3. The summed E-state index contributed by atoms with van der Waals surface area (Å²) < 4.78 is 0. The van der Waals surface area contributed by atoms with Crippen LogP contribution >= 0.6 is 11.6 Å². The number of rotatable bonds is 9. The number of carbonyl (C=O) groups excluding carboxylic acids is 2. The number of benzene rings is 2. The highest BCUT2D eigenvalue weighted by molar-refractivity contribution is 6.30. The molecule has 1 saturated carbocycles. The molecule has 29 heavy (non-hydrogen) atoms. The van der Waals surface area contributed by atoms with Gasteiger partial charge in [-0.3, -0.25) is 14.9 Å². The van der Waals surface area contributed by atoms with Gasteiger partial charge in [0.15, 0.2) is 0 Å². The smallest absolute Gasteiger partial charge is 0.253 e. The summed E-state index contributed by atoms with van der Waals surface area (Å²) in [7, 11) is 0. The van der Waals surface area contributed by atoms with Gasteiger partial charge in [-0.2, -0.15) is 0 Å². The summed E-state index contributed by atoms with van der Waals surface area (Å²) in [5.41, 5.74) is 1.80. The van der Waals surface area contributed by atoms with Crippen LogP contribution in [0.3, 0.4) is 0 Å². The maximum absolute atomic E-state index is 12.7. The van der Waals surface area contributed by atoms with E-state index in [0.717, 1.165) is 31.2 Å². The van der Waals surface area contributed by atoms with Crippen LogP contribution in [0.25, 0.3) is 0 Å². The van der Waals surface area contributed by atoms with Crippen molar-refractivity contribution in [1.82, 2.24) is 10.6 Å². The lowest BCUT2D eigenvalue weighted by atomic mass is 9.84. The van der Waals surface area contributed by atoms with Crippen LogP contribution in [0.5, 0.6) is 0 Å². The first-order valence-electron chi connectivity index (χ1n) is 10.2. The van der Waals surface area contributed by atoms with E-state index in [0.29, 0.717) is 16.3 Å². The summed E-state index contributed by atoms with van der Waals surface area (Å²) >= 11 is 6.02. The van der Waals surface area contributed by atoms with E-state index in [-0.39, 0.29) is 29.9 Å². The Morgan fingerprint density at radius 2 is 1.69 bits per heavy atom. The fourth-order valence-corrected chi connectivity index (χ4v) is 3.63. The second kappa shape index (κ2) is 9.42. The first-order valence-corrected chi connectivity index (χ1v) is 10.6. The fourth-order valence-electron chi connectivity index (χ4n) is 3.50. The molecule has 3 rings (SSSR count). The number of anilines is 1. The van der Waals surface area contributed by atoms with Gasteiger partial charge in [-0.25, -0.2) is 0 Å². The minimum absolute atomic E-state index is 0.142. The Kier molecular flexibility index (Phi) is 6.93. The molecule has 1 aliphatic carbocycles. The van der Waals surface area contributed by atoms with E-state index in [1.165, 1.54) is 0 Å². The van der Waals surface area contributed by atoms with Gasteiger partial charge in [-0.15, -0.1) is 0 Å². The second-order valence-electron chi connectivity index (χ2n) is 7.49. The van der Waals surface area contributed by atoms with Crippen molar-refractivity contribution < 1.29 is 9.59 Å². The summed E-state index contributed by atoms with van der Waals surface area (Å²) in [5, 5.41) is 9.96. The van der Waals surface area contributed by atoms with E-state index in [1.807, 2.05) is 30.3 Å². The topological polar surface area (TPSA) is 70.2 Å². The zero-order valence-corrected chi connectivity index (χ0v) is 17.7. The largest absolute Gasteiger partial charge is 0.349 e. The number of nitrogens with one attached hydrogen (secondary N) is 3. The Morgan fingerprint density at radius 1 is 1.03 bits per heavy atom. The second-order valence-corrected chi connectivity index (χ2v) is 7.93. The van der Waals surface area contributed by atoms with Crippen LogP contribution in [0.2, 0.25) is 5.02 Å². The minimum Gasteiger partial charge on any atom is -0.349 e. The van der Waals surface area contributed by atoms with Gasteiger partial charge in [-0.1, -0.05) is 49.7 Å². The van der Waals surface area contributed by atoms with Gasteiger partial charge in [0.25, 0.3) is 5.91 Å². The van der Waals surface area contributed by atoms with Crippen LogP contribution in [0.4, 0.5) is 5.69 Å². The molecule has 0 saturated heterocycles. The quantitative estimate of drug-likeness (QED) is 0.567. The monoisotopic (exact) mass is 413 g/mol. The molecule has 0 atom stereocenters. The molecule has 2 aromatic rings. The third-order valence-corrected chi connectivity index (χ3v) is 5.80. The molecule has 0 bridgehead atoms. The Morgan fingerprint density at radius 3 is 2.31 bits per heavy atom. The molecular formula is C23H28ClN3O2. The molecule has 2 amide bonds. The Balaban J connectivity index is 1.67. The van der Waals surface area contributed by atoms with E-state index >= 15 is 0 Å². The Bertz CT molecular complexity index is 859. The number of halogens is 1. The van der Waals surface area contributed by atoms with Crippen LogP contribution in [0.15, 0.2) is 48.5 Å². The lowest BCUT2D eigenvalue weighted by Gasteiger charge is -2.33. The number of amides is 2. The van der Waals surface area contributed by atoms with Gasteiger partial charge in [0.05, 0.1) is 17.8 Å². The standard InChI is InChI=1S/C23H28ClN3O2/c1-3-23(4-2,16-9-11-17(24)12-10-16)25-15-21(28)27-20-8-6-5-7-19(20)22(29)26-18-13-14-18/h5-12,18,25H,3-4,13-15H2,1-2H3,(H,26,29)(H,27,28). The first kappa shape index (κ1) is 21.3. The highest BCUT2D eigenvalue weighted by Crippen LogP contribution is 2.29. The summed E-state index contributed by atoms with van der Waals surface area (Å²) in [5.74, 6) is -0.328. The third kappa shape index (κ3) is 5.37. The predicted octanol–water partition coefficient (Wildman–Crippen LogP) is 4.48. The predicted molar refractivity (Wildman–Crippen MR) is 117 cm³/mol. The molecule has 1 fully saturated rings. The fraction of sp³-hybridized carbons (Fsp3) is 0.391. The molecule has 0 aromatic heterocycles.